The minimum atomic E-state index is -0.264. The Kier molecular flexibility index (Phi) is 5.94. The van der Waals surface area contributed by atoms with Gasteiger partial charge in [-0.3, -0.25) is 9.59 Å². The van der Waals surface area contributed by atoms with Crippen molar-refractivity contribution < 1.29 is 9.59 Å². The number of benzene rings is 1. The molecule has 2 amide bonds. The summed E-state index contributed by atoms with van der Waals surface area (Å²) in [5.41, 5.74) is 4.13. The van der Waals surface area contributed by atoms with Gasteiger partial charge >= 0.3 is 0 Å². The number of nitrogens with zero attached hydrogens (tertiary/aromatic N) is 2. The Balaban J connectivity index is 1.87. The number of unbranched alkanes of at least 4 members (excludes halogenated alkanes) is 1. The summed E-state index contributed by atoms with van der Waals surface area (Å²) in [6.45, 7) is 7.39. The lowest BCUT2D eigenvalue weighted by Gasteiger charge is -2.17. The van der Waals surface area contributed by atoms with Gasteiger partial charge in [-0.25, -0.2) is 4.98 Å². The largest absolute Gasteiger partial charge is 0.351 e. The smallest absolute Gasteiger partial charge is 0.291 e. The normalized spacial score (nSPS) is 13.1. The van der Waals surface area contributed by atoms with E-state index in [9.17, 15) is 9.59 Å². The predicted molar refractivity (Wildman–Crippen MR) is 106 cm³/mol. The number of imidazole rings is 1. The molecule has 144 valence electrons. The first-order valence-corrected chi connectivity index (χ1v) is 9.77. The summed E-state index contributed by atoms with van der Waals surface area (Å²) >= 11 is 0. The monoisotopic (exact) mass is 368 g/mol. The van der Waals surface area contributed by atoms with Crippen molar-refractivity contribution in [1.82, 2.24) is 14.9 Å². The molecule has 0 saturated heterocycles. The second kappa shape index (κ2) is 8.37. The number of fused-ring (bicyclic) bond motifs is 1. The van der Waals surface area contributed by atoms with Gasteiger partial charge in [0.1, 0.15) is 5.69 Å². The second-order valence-corrected chi connectivity index (χ2v) is 7.22. The van der Waals surface area contributed by atoms with E-state index in [0.29, 0.717) is 18.1 Å². The molecule has 27 heavy (non-hydrogen) atoms. The number of rotatable bonds is 6. The number of anilines is 1. The van der Waals surface area contributed by atoms with Gasteiger partial charge in [-0.15, -0.1) is 0 Å². The molecular weight excluding hydrogens is 340 g/mol. The molecule has 0 fully saturated rings. The van der Waals surface area contributed by atoms with E-state index < -0.39 is 0 Å². The molecule has 1 aromatic carbocycles. The molecule has 1 aliphatic heterocycles. The van der Waals surface area contributed by atoms with E-state index in [1.165, 1.54) is 0 Å². The highest BCUT2D eigenvalue weighted by molar-refractivity contribution is 6.04. The minimum absolute atomic E-state index is 0.181. The number of aryl methyl sites for hydroxylation is 2. The lowest BCUT2D eigenvalue weighted by atomic mass is 10.1. The van der Waals surface area contributed by atoms with E-state index in [2.05, 4.69) is 22.5 Å². The standard InChI is InChI=1S/C21H28N4O2/c1-4-5-11-22-20(26)18-17-8-6-7-12-25(17)19(24-18)21(27)23-16-13-14(2)9-10-15(16)3/h9-10,13H,4-8,11-12H2,1-3H3,(H,22,26)(H,23,27). The van der Waals surface area contributed by atoms with E-state index in [-0.39, 0.29) is 11.8 Å². The average molecular weight is 368 g/mol. The van der Waals surface area contributed by atoms with Crippen molar-refractivity contribution in [3.63, 3.8) is 0 Å². The van der Waals surface area contributed by atoms with Gasteiger partial charge in [0, 0.05) is 18.8 Å². The van der Waals surface area contributed by atoms with Gasteiger partial charge in [-0.05, 0) is 56.7 Å². The first-order valence-electron chi connectivity index (χ1n) is 9.77. The summed E-state index contributed by atoms with van der Waals surface area (Å²) in [6.07, 6.45) is 4.73. The van der Waals surface area contributed by atoms with Gasteiger partial charge in [0.15, 0.2) is 5.82 Å². The van der Waals surface area contributed by atoms with Crippen LogP contribution in [0.3, 0.4) is 0 Å². The summed E-state index contributed by atoms with van der Waals surface area (Å²) in [4.78, 5) is 29.9. The molecule has 0 aliphatic carbocycles. The molecule has 6 heteroatoms. The zero-order valence-electron chi connectivity index (χ0n) is 16.4. The number of hydrogen-bond donors (Lipinski definition) is 2. The van der Waals surface area contributed by atoms with Crippen molar-refractivity contribution >= 4 is 17.5 Å². The highest BCUT2D eigenvalue weighted by Gasteiger charge is 2.27. The molecule has 1 aliphatic rings. The number of carbonyl (C=O) groups excluding carboxylic acids is 2. The highest BCUT2D eigenvalue weighted by Crippen LogP contribution is 2.23. The molecule has 0 spiro atoms. The lowest BCUT2D eigenvalue weighted by Crippen LogP contribution is -2.26. The highest BCUT2D eigenvalue weighted by atomic mass is 16.2. The minimum Gasteiger partial charge on any atom is -0.351 e. The molecule has 2 heterocycles. The van der Waals surface area contributed by atoms with Crippen molar-refractivity contribution in [3.05, 3.63) is 46.5 Å². The Hall–Kier alpha value is -2.63. The van der Waals surface area contributed by atoms with Crippen LogP contribution in [0.5, 0.6) is 0 Å². The maximum Gasteiger partial charge on any atom is 0.291 e. The fourth-order valence-corrected chi connectivity index (χ4v) is 3.41. The molecule has 2 aromatic rings. The number of carbonyl (C=O) groups is 2. The van der Waals surface area contributed by atoms with E-state index >= 15 is 0 Å². The van der Waals surface area contributed by atoms with Crippen LogP contribution in [-0.2, 0) is 13.0 Å². The third kappa shape index (κ3) is 4.21. The molecule has 0 saturated carbocycles. The summed E-state index contributed by atoms with van der Waals surface area (Å²) in [6, 6.07) is 5.95. The van der Waals surface area contributed by atoms with Crippen molar-refractivity contribution in [1.29, 1.82) is 0 Å². The van der Waals surface area contributed by atoms with Gasteiger partial charge in [-0.1, -0.05) is 25.5 Å². The van der Waals surface area contributed by atoms with E-state index in [1.807, 2.05) is 36.6 Å². The summed E-state index contributed by atoms with van der Waals surface area (Å²) in [7, 11) is 0. The fraction of sp³-hybridized carbons (Fsp3) is 0.476. The topological polar surface area (TPSA) is 76.0 Å². The summed E-state index contributed by atoms with van der Waals surface area (Å²) < 4.78 is 1.92. The van der Waals surface area contributed by atoms with Crippen LogP contribution in [0.1, 0.15) is 70.5 Å². The van der Waals surface area contributed by atoms with Crippen LogP contribution < -0.4 is 10.6 Å². The molecule has 0 unspecified atom stereocenters. The maximum absolute atomic E-state index is 12.9. The predicted octanol–water partition coefficient (Wildman–Crippen LogP) is 3.62. The molecule has 0 bridgehead atoms. The first kappa shape index (κ1) is 19.1. The zero-order valence-corrected chi connectivity index (χ0v) is 16.4. The van der Waals surface area contributed by atoms with Crippen LogP contribution in [0.4, 0.5) is 5.69 Å². The molecule has 0 radical (unpaired) electrons. The number of nitrogens with one attached hydrogen (secondary N) is 2. The number of aromatic nitrogens is 2. The molecule has 0 atom stereocenters. The van der Waals surface area contributed by atoms with E-state index in [1.54, 1.807) is 0 Å². The fourth-order valence-electron chi connectivity index (χ4n) is 3.41. The molecular formula is C21H28N4O2. The lowest BCUT2D eigenvalue weighted by molar-refractivity contribution is 0.0947. The molecule has 3 rings (SSSR count). The average Bonchev–Trinajstić information content (AvgIpc) is 3.05. The molecule has 6 nitrogen and oxygen atoms in total. The Morgan fingerprint density at radius 2 is 2.00 bits per heavy atom. The zero-order chi connectivity index (χ0) is 19.4. The Bertz CT molecular complexity index is 854. The van der Waals surface area contributed by atoms with Crippen LogP contribution in [0.15, 0.2) is 18.2 Å². The summed E-state index contributed by atoms with van der Waals surface area (Å²) in [5, 5.41) is 5.89. The van der Waals surface area contributed by atoms with Gasteiger partial charge in [-0.2, -0.15) is 0 Å². The summed E-state index contributed by atoms with van der Waals surface area (Å²) in [5.74, 6) is -0.120. The van der Waals surface area contributed by atoms with Crippen molar-refractivity contribution in [2.75, 3.05) is 11.9 Å². The van der Waals surface area contributed by atoms with Crippen LogP contribution in [-0.4, -0.2) is 27.9 Å². The van der Waals surface area contributed by atoms with Gasteiger partial charge in [0.25, 0.3) is 11.8 Å². The van der Waals surface area contributed by atoms with Crippen LogP contribution in [0.2, 0.25) is 0 Å². The van der Waals surface area contributed by atoms with Gasteiger partial charge < -0.3 is 15.2 Å². The van der Waals surface area contributed by atoms with Crippen molar-refractivity contribution in [2.45, 2.75) is 59.4 Å². The molecule has 1 aromatic heterocycles. The Labute approximate surface area is 160 Å². The Morgan fingerprint density at radius 1 is 1.19 bits per heavy atom. The van der Waals surface area contributed by atoms with Gasteiger partial charge in [0.05, 0.1) is 5.69 Å². The van der Waals surface area contributed by atoms with Crippen LogP contribution in [0, 0.1) is 13.8 Å². The van der Waals surface area contributed by atoms with Gasteiger partial charge in [0.2, 0.25) is 0 Å². The van der Waals surface area contributed by atoms with E-state index in [4.69, 9.17) is 0 Å². The van der Waals surface area contributed by atoms with E-state index in [0.717, 1.165) is 61.2 Å². The maximum atomic E-state index is 12.9. The van der Waals surface area contributed by atoms with Crippen molar-refractivity contribution in [2.24, 2.45) is 0 Å². The number of hydrogen-bond acceptors (Lipinski definition) is 3. The van der Waals surface area contributed by atoms with Crippen molar-refractivity contribution in [3.8, 4) is 0 Å². The first-order chi connectivity index (χ1) is 13.0. The quantitative estimate of drug-likeness (QED) is 0.765. The third-order valence-electron chi connectivity index (χ3n) is 4.99. The van der Waals surface area contributed by atoms with Crippen LogP contribution in [0.25, 0.3) is 0 Å². The SMILES string of the molecule is CCCCNC(=O)c1nc(C(=O)Nc2cc(C)ccc2C)n2c1CCCC2. The Morgan fingerprint density at radius 3 is 2.78 bits per heavy atom. The third-order valence-corrected chi connectivity index (χ3v) is 4.99. The second-order valence-electron chi connectivity index (χ2n) is 7.22. The molecule has 2 N–H and O–H groups in total. The number of amides is 2. The van der Waals surface area contributed by atoms with Crippen LogP contribution >= 0.6 is 0 Å².